The van der Waals surface area contributed by atoms with Gasteiger partial charge in [0.05, 0.1) is 10.9 Å². The molecule has 3 rings (SSSR count). The van der Waals surface area contributed by atoms with Crippen LogP contribution in [0.3, 0.4) is 0 Å². The van der Waals surface area contributed by atoms with Crippen LogP contribution < -0.4 is 10.6 Å². The maximum Gasteiger partial charge on any atom is 0.315 e. The largest absolute Gasteiger partial charge is 0.334 e. The summed E-state index contributed by atoms with van der Waals surface area (Å²) in [5.41, 5.74) is 1.32. The average molecular weight is 420 g/mol. The van der Waals surface area contributed by atoms with Gasteiger partial charge in [-0.05, 0) is 49.1 Å². The minimum atomic E-state index is -3.58. The van der Waals surface area contributed by atoms with Crippen molar-refractivity contribution in [3.8, 4) is 0 Å². The Bertz CT molecular complexity index is 942. The van der Waals surface area contributed by atoms with E-state index in [9.17, 15) is 17.6 Å². The van der Waals surface area contributed by atoms with Gasteiger partial charge in [0.2, 0.25) is 10.0 Å². The van der Waals surface area contributed by atoms with E-state index >= 15 is 0 Å². The molecular formula is C21H26FN3O3S. The van der Waals surface area contributed by atoms with E-state index < -0.39 is 16.1 Å². The number of rotatable bonds is 6. The Hall–Kier alpha value is -2.45. The molecule has 2 N–H and O–H groups in total. The molecule has 156 valence electrons. The van der Waals surface area contributed by atoms with E-state index in [4.69, 9.17) is 0 Å². The maximum atomic E-state index is 13.0. The number of nitrogens with zero attached hydrogens (tertiary/aromatic N) is 1. The fourth-order valence-corrected chi connectivity index (χ4v) is 5.14. The molecule has 1 aliphatic heterocycles. The first-order valence-corrected chi connectivity index (χ1v) is 11.2. The summed E-state index contributed by atoms with van der Waals surface area (Å²) in [6.07, 6.45) is 2.77. The van der Waals surface area contributed by atoms with Gasteiger partial charge in [0.1, 0.15) is 5.82 Å². The Labute approximate surface area is 171 Å². The molecule has 0 bridgehead atoms. The second-order valence-corrected chi connectivity index (χ2v) is 9.08. The number of halogens is 1. The topological polar surface area (TPSA) is 78.5 Å². The summed E-state index contributed by atoms with van der Waals surface area (Å²) in [6.45, 7) is 2.94. The van der Waals surface area contributed by atoms with Gasteiger partial charge in [0.15, 0.2) is 0 Å². The van der Waals surface area contributed by atoms with Crippen LogP contribution in [0.4, 0.5) is 9.18 Å². The average Bonchev–Trinajstić information content (AvgIpc) is 2.73. The van der Waals surface area contributed by atoms with Crippen molar-refractivity contribution < 1.29 is 17.6 Å². The van der Waals surface area contributed by atoms with E-state index in [0.29, 0.717) is 18.7 Å². The number of nitrogens with one attached hydrogen (secondary N) is 2. The van der Waals surface area contributed by atoms with Crippen molar-refractivity contribution >= 4 is 16.1 Å². The molecule has 0 aromatic heterocycles. The van der Waals surface area contributed by atoms with Crippen LogP contribution in [0.5, 0.6) is 0 Å². The molecule has 0 saturated carbocycles. The van der Waals surface area contributed by atoms with Crippen molar-refractivity contribution in [2.24, 2.45) is 0 Å². The smallest absolute Gasteiger partial charge is 0.315 e. The lowest BCUT2D eigenvalue weighted by atomic mass is 10.1. The standard InChI is InChI=1S/C21H26FN3O3S/c1-16(17-9-11-19(22)12-10-17)24-21(26)23-15-18-7-3-4-8-20(18)29(27,28)25-13-5-2-6-14-25/h3-4,7-12,16H,2,5-6,13-15H2,1H3,(H2,23,24,26). The van der Waals surface area contributed by atoms with Crippen LogP contribution in [0.1, 0.15) is 43.4 Å². The predicted molar refractivity (Wildman–Crippen MR) is 109 cm³/mol. The molecule has 0 spiro atoms. The minimum Gasteiger partial charge on any atom is -0.334 e. The number of hydrogen-bond donors (Lipinski definition) is 2. The fraction of sp³-hybridized carbons (Fsp3) is 0.381. The Kier molecular flexibility index (Phi) is 6.87. The summed E-state index contributed by atoms with van der Waals surface area (Å²) in [5.74, 6) is -0.336. The zero-order valence-electron chi connectivity index (χ0n) is 16.4. The number of carbonyl (C=O) groups is 1. The first kappa shape index (κ1) is 21.3. The summed E-state index contributed by atoms with van der Waals surface area (Å²) in [6, 6.07) is 11.9. The molecule has 1 unspecified atom stereocenters. The van der Waals surface area contributed by atoms with Crippen LogP contribution in [-0.4, -0.2) is 31.8 Å². The van der Waals surface area contributed by atoms with E-state index in [1.54, 1.807) is 43.3 Å². The van der Waals surface area contributed by atoms with Crippen molar-refractivity contribution in [2.45, 2.75) is 43.7 Å². The number of carbonyl (C=O) groups excluding carboxylic acids is 1. The number of hydrogen-bond acceptors (Lipinski definition) is 3. The third-order valence-electron chi connectivity index (χ3n) is 5.06. The maximum absolute atomic E-state index is 13.0. The van der Waals surface area contributed by atoms with Gasteiger partial charge >= 0.3 is 6.03 Å². The van der Waals surface area contributed by atoms with Crippen LogP contribution >= 0.6 is 0 Å². The number of sulfonamides is 1. The molecule has 1 aliphatic rings. The van der Waals surface area contributed by atoms with Gasteiger partial charge < -0.3 is 10.6 Å². The zero-order valence-corrected chi connectivity index (χ0v) is 17.2. The molecule has 2 aromatic carbocycles. The number of piperidine rings is 1. The molecule has 6 nitrogen and oxygen atoms in total. The zero-order chi connectivity index (χ0) is 20.9. The van der Waals surface area contributed by atoms with Crippen molar-refractivity contribution in [1.29, 1.82) is 0 Å². The highest BCUT2D eigenvalue weighted by Gasteiger charge is 2.27. The Balaban J connectivity index is 1.65. The van der Waals surface area contributed by atoms with Crippen LogP contribution in [0.25, 0.3) is 0 Å². The van der Waals surface area contributed by atoms with Gasteiger partial charge in [0, 0.05) is 19.6 Å². The molecule has 2 amide bonds. The van der Waals surface area contributed by atoms with Crippen LogP contribution in [0.15, 0.2) is 53.4 Å². The lowest BCUT2D eigenvalue weighted by Gasteiger charge is -2.27. The van der Waals surface area contributed by atoms with Gasteiger partial charge in [-0.3, -0.25) is 0 Å². The number of urea groups is 1. The number of benzene rings is 2. The van der Waals surface area contributed by atoms with Crippen molar-refractivity contribution in [2.75, 3.05) is 13.1 Å². The van der Waals surface area contributed by atoms with E-state index in [1.165, 1.54) is 16.4 Å². The van der Waals surface area contributed by atoms with E-state index in [-0.39, 0.29) is 23.3 Å². The number of amides is 2. The van der Waals surface area contributed by atoms with Gasteiger partial charge in [-0.1, -0.05) is 36.8 Å². The van der Waals surface area contributed by atoms with E-state index in [0.717, 1.165) is 24.8 Å². The highest BCUT2D eigenvalue weighted by atomic mass is 32.2. The van der Waals surface area contributed by atoms with Gasteiger partial charge in [-0.25, -0.2) is 17.6 Å². The first-order chi connectivity index (χ1) is 13.9. The molecule has 8 heteroatoms. The molecule has 1 saturated heterocycles. The van der Waals surface area contributed by atoms with Crippen molar-refractivity contribution in [1.82, 2.24) is 14.9 Å². The molecular weight excluding hydrogens is 393 g/mol. The van der Waals surface area contributed by atoms with E-state index in [1.807, 2.05) is 0 Å². The normalized spacial score (nSPS) is 16.2. The first-order valence-electron chi connectivity index (χ1n) is 9.76. The monoisotopic (exact) mass is 419 g/mol. The SMILES string of the molecule is CC(NC(=O)NCc1ccccc1S(=O)(=O)N1CCCCC1)c1ccc(F)cc1. The molecule has 1 heterocycles. The Morgan fingerprint density at radius 3 is 2.41 bits per heavy atom. The van der Waals surface area contributed by atoms with Crippen molar-refractivity contribution in [3.63, 3.8) is 0 Å². The lowest BCUT2D eigenvalue weighted by molar-refractivity contribution is 0.237. The third kappa shape index (κ3) is 5.33. The summed E-state index contributed by atoms with van der Waals surface area (Å²) in [4.78, 5) is 12.5. The highest BCUT2D eigenvalue weighted by Crippen LogP contribution is 2.23. The Morgan fingerprint density at radius 2 is 1.72 bits per heavy atom. The van der Waals surface area contributed by atoms with Gasteiger partial charge in [0.25, 0.3) is 0 Å². The van der Waals surface area contributed by atoms with Crippen LogP contribution in [-0.2, 0) is 16.6 Å². The summed E-state index contributed by atoms with van der Waals surface area (Å²) >= 11 is 0. The molecule has 29 heavy (non-hydrogen) atoms. The third-order valence-corrected chi connectivity index (χ3v) is 7.06. The van der Waals surface area contributed by atoms with Gasteiger partial charge in [-0.2, -0.15) is 4.31 Å². The van der Waals surface area contributed by atoms with Crippen LogP contribution in [0.2, 0.25) is 0 Å². The molecule has 0 aliphatic carbocycles. The molecule has 1 atom stereocenters. The highest BCUT2D eigenvalue weighted by molar-refractivity contribution is 7.89. The fourth-order valence-electron chi connectivity index (χ4n) is 3.40. The molecule has 0 radical (unpaired) electrons. The predicted octanol–water partition coefficient (Wildman–Crippen LogP) is 3.56. The summed E-state index contributed by atoms with van der Waals surface area (Å²) < 4.78 is 40.6. The van der Waals surface area contributed by atoms with Crippen molar-refractivity contribution in [3.05, 3.63) is 65.5 Å². The molecule has 1 fully saturated rings. The lowest BCUT2D eigenvalue weighted by Crippen LogP contribution is -2.38. The molecule has 2 aromatic rings. The second-order valence-electron chi connectivity index (χ2n) is 7.17. The summed E-state index contributed by atoms with van der Waals surface area (Å²) in [5, 5.41) is 5.49. The Morgan fingerprint density at radius 1 is 1.07 bits per heavy atom. The quantitative estimate of drug-likeness (QED) is 0.751. The summed E-state index contributed by atoms with van der Waals surface area (Å²) in [7, 11) is -3.58. The van der Waals surface area contributed by atoms with E-state index in [2.05, 4.69) is 10.6 Å². The second kappa shape index (κ2) is 9.37. The van der Waals surface area contributed by atoms with Gasteiger partial charge in [-0.15, -0.1) is 0 Å². The minimum absolute atomic E-state index is 0.0885. The van der Waals surface area contributed by atoms with Crippen LogP contribution in [0, 0.1) is 5.82 Å².